The monoisotopic (exact) mass is 472 g/mol. The molecule has 34 heavy (non-hydrogen) atoms. The van der Waals surface area contributed by atoms with Crippen molar-refractivity contribution in [2.45, 2.75) is 50.3 Å². The van der Waals surface area contributed by atoms with Gasteiger partial charge in [-0.25, -0.2) is 0 Å². The van der Waals surface area contributed by atoms with Gasteiger partial charge in [0.05, 0.1) is 5.02 Å². The first-order valence-corrected chi connectivity index (χ1v) is 12.6. The lowest BCUT2D eigenvalue weighted by Gasteiger charge is -2.36. The van der Waals surface area contributed by atoms with Crippen LogP contribution in [0.5, 0.6) is 5.75 Å². The summed E-state index contributed by atoms with van der Waals surface area (Å²) in [5, 5.41) is 0.571. The number of piperidine rings is 1. The molecule has 3 aromatic rings. The number of rotatable bonds is 4. The molecule has 5 heteroatoms. The van der Waals surface area contributed by atoms with Crippen molar-refractivity contribution in [3.05, 3.63) is 82.9 Å². The van der Waals surface area contributed by atoms with Gasteiger partial charge in [-0.15, -0.1) is 0 Å². The molecule has 3 aliphatic rings. The van der Waals surface area contributed by atoms with E-state index in [1.807, 2.05) is 53.4 Å². The highest BCUT2D eigenvalue weighted by molar-refractivity contribution is 6.32. The molecule has 4 nitrogen and oxygen atoms in total. The van der Waals surface area contributed by atoms with Crippen LogP contribution in [0.3, 0.4) is 0 Å². The van der Waals surface area contributed by atoms with Gasteiger partial charge in [0.1, 0.15) is 11.9 Å². The Bertz CT molecular complexity index is 1210. The van der Waals surface area contributed by atoms with Crippen molar-refractivity contribution in [3.63, 3.8) is 0 Å². The van der Waals surface area contributed by atoms with Crippen LogP contribution in [-0.4, -0.2) is 42.6 Å². The van der Waals surface area contributed by atoms with Gasteiger partial charge in [0.25, 0.3) is 5.91 Å². The standard InChI is InChI=1S/C29H29ClN2O2/c1-31-22-8-9-23(31)17-25(16-22)34-28-12-10-24(18-27(28)30)32-14-13-21-15-20(7-11-26(21)29(32)33)19-5-3-2-4-6-19/h2-7,10-12,15,18,22-23,25H,8-9,13-14,16-17H2,1H3/t22-,23+,25?. The van der Waals surface area contributed by atoms with Crippen LogP contribution in [0.4, 0.5) is 5.69 Å². The number of ether oxygens (including phenoxy) is 1. The normalized spacial score (nSPS) is 24.2. The van der Waals surface area contributed by atoms with E-state index in [1.165, 1.54) is 18.4 Å². The summed E-state index contributed by atoms with van der Waals surface area (Å²) in [4.78, 5) is 17.7. The SMILES string of the molecule is CN1[C@@H]2CC[C@H]1CC(Oc1ccc(N3CCc4cc(-c5ccccc5)ccc4C3=O)cc1Cl)C2. The van der Waals surface area contributed by atoms with Crippen LogP contribution in [0.2, 0.25) is 5.02 Å². The van der Waals surface area contributed by atoms with E-state index in [0.29, 0.717) is 23.7 Å². The molecule has 0 spiro atoms. The molecule has 3 atom stereocenters. The molecule has 0 aliphatic carbocycles. The molecular weight excluding hydrogens is 444 g/mol. The summed E-state index contributed by atoms with van der Waals surface area (Å²) in [6, 6.07) is 23.4. The van der Waals surface area contributed by atoms with Crippen molar-refractivity contribution in [3.8, 4) is 16.9 Å². The maximum Gasteiger partial charge on any atom is 0.258 e. The molecule has 3 aromatic carbocycles. The van der Waals surface area contributed by atoms with Gasteiger partial charge in [0.15, 0.2) is 0 Å². The fourth-order valence-electron chi connectivity index (χ4n) is 5.94. The zero-order valence-electron chi connectivity index (χ0n) is 19.4. The Labute approximate surface area is 206 Å². The Morgan fingerprint density at radius 2 is 1.68 bits per heavy atom. The Morgan fingerprint density at radius 3 is 2.41 bits per heavy atom. The second-order valence-electron chi connectivity index (χ2n) is 9.82. The minimum Gasteiger partial charge on any atom is -0.489 e. The van der Waals surface area contributed by atoms with Crippen molar-refractivity contribution < 1.29 is 9.53 Å². The Kier molecular flexibility index (Phi) is 5.59. The number of hydrogen-bond acceptors (Lipinski definition) is 3. The molecule has 0 aromatic heterocycles. The molecule has 2 bridgehead atoms. The molecule has 0 saturated carbocycles. The largest absolute Gasteiger partial charge is 0.489 e. The number of fused-ring (bicyclic) bond motifs is 3. The zero-order chi connectivity index (χ0) is 23.2. The lowest BCUT2D eigenvalue weighted by molar-refractivity contribution is 0.0662. The summed E-state index contributed by atoms with van der Waals surface area (Å²) >= 11 is 6.65. The van der Waals surface area contributed by atoms with Crippen LogP contribution in [0.25, 0.3) is 11.1 Å². The Morgan fingerprint density at radius 1 is 0.912 bits per heavy atom. The topological polar surface area (TPSA) is 32.8 Å². The number of carbonyl (C=O) groups is 1. The number of anilines is 1. The Hall–Kier alpha value is -2.82. The number of nitrogens with zero attached hydrogens (tertiary/aromatic N) is 2. The zero-order valence-corrected chi connectivity index (χ0v) is 20.2. The average molecular weight is 473 g/mol. The summed E-state index contributed by atoms with van der Waals surface area (Å²) in [6.45, 7) is 0.638. The predicted molar refractivity (Wildman–Crippen MR) is 137 cm³/mol. The highest BCUT2D eigenvalue weighted by Crippen LogP contribution is 2.38. The first-order chi connectivity index (χ1) is 16.6. The van der Waals surface area contributed by atoms with Gasteiger partial charge < -0.3 is 14.5 Å². The fourth-order valence-corrected chi connectivity index (χ4v) is 6.15. The third kappa shape index (κ3) is 3.89. The first kappa shape index (κ1) is 21.7. The molecule has 3 heterocycles. The second-order valence-corrected chi connectivity index (χ2v) is 10.2. The Balaban J connectivity index is 1.19. The molecule has 2 saturated heterocycles. The van der Waals surface area contributed by atoms with E-state index in [2.05, 4.69) is 30.1 Å². The third-order valence-electron chi connectivity index (χ3n) is 7.87. The minimum atomic E-state index is 0.0255. The van der Waals surface area contributed by atoms with E-state index < -0.39 is 0 Å². The number of benzene rings is 3. The number of amides is 1. The molecule has 3 aliphatic heterocycles. The van der Waals surface area contributed by atoms with Crippen LogP contribution in [0.1, 0.15) is 41.6 Å². The van der Waals surface area contributed by atoms with E-state index in [-0.39, 0.29) is 12.0 Å². The van der Waals surface area contributed by atoms with Crippen LogP contribution in [0, 0.1) is 0 Å². The molecule has 1 amide bonds. The van der Waals surface area contributed by atoms with E-state index in [4.69, 9.17) is 16.3 Å². The summed E-state index contributed by atoms with van der Waals surface area (Å²) in [7, 11) is 2.23. The van der Waals surface area contributed by atoms with Gasteiger partial charge in [-0.2, -0.15) is 0 Å². The first-order valence-electron chi connectivity index (χ1n) is 12.2. The maximum absolute atomic E-state index is 13.3. The van der Waals surface area contributed by atoms with Crippen LogP contribution in [-0.2, 0) is 6.42 Å². The van der Waals surface area contributed by atoms with Crippen LogP contribution >= 0.6 is 11.6 Å². The third-order valence-corrected chi connectivity index (χ3v) is 8.16. The molecule has 1 unspecified atom stereocenters. The van der Waals surface area contributed by atoms with E-state index in [9.17, 15) is 4.79 Å². The van der Waals surface area contributed by atoms with Gasteiger partial charge in [-0.3, -0.25) is 4.79 Å². The van der Waals surface area contributed by atoms with E-state index >= 15 is 0 Å². The van der Waals surface area contributed by atoms with Crippen molar-refractivity contribution >= 4 is 23.2 Å². The summed E-state index contributed by atoms with van der Waals surface area (Å²) < 4.78 is 6.33. The van der Waals surface area contributed by atoms with Crippen molar-refractivity contribution in [2.24, 2.45) is 0 Å². The average Bonchev–Trinajstić information content (AvgIpc) is 3.06. The summed E-state index contributed by atoms with van der Waals surface area (Å²) in [5.41, 5.74) is 5.01. The van der Waals surface area contributed by atoms with Gasteiger partial charge in [0, 0.05) is 29.9 Å². The highest BCUT2D eigenvalue weighted by Gasteiger charge is 2.39. The van der Waals surface area contributed by atoms with Gasteiger partial charge in [-0.1, -0.05) is 54.1 Å². The molecule has 174 valence electrons. The number of hydrogen-bond donors (Lipinski definition) is 0. The predicted octanol–water partition coefficient (Wildman–Crippen LogP) is 6.21. The van der Waals surface area contributed by atoms with Crippen molar-refractivity contribution in [2.75, 3.05) is 18.5 Å². The molecule has 0 N–H and O–H groups in total. The smallest absolute Gasteiger partial charge is 0.258 e. The van der Waals surface area contributed by atoms with Crippen LogP contribution in [0.15, 0.2) is 66.7 Å². The van der Waals surface area contributed by atoms with E-state index in [0.717, 1.165) is 47.4 Å². The minimum absolute atomic E-state index is 0.0255. The number of carbonyl (C=O) groups excluding carboxylic acids is 1. The molecule has 2 fully saturated rings. The highest BCUT2D eigenvalue weighted by atomic mass is 35.5. The molecule has 6 rings (SSSR count). The van der Waals surface area contributed by atoms with Crippen LogP contribution < -0.4 is 9.64 Å². The fraction of sp³-hybridized carbons (Fsp3) is 0.345. The van der Waals surface area contributed by atoms with Gasteiger partial charge >= 0.3 is 0 Å². The summed E-state index contributed by atoms with van der Waals surface area (Å²) in [5.74, 6) is 0.745. The van der Waals surface area contributed by atoms with Gasteiger partial charge in [-0.05, 0) is 80.1 Å². The lowest BCUT2D eigenvalue weighted by atomic mass is 9.94. The van der Waals surface area contributed by atoms with Gasteiger partial charge in [0.2, 0.25) is 0 Å². The molecule has 0 radical (unpaired) electrons. The second kappa shape index (κ2) is 8.75. The summed E-state index contributed by atoms with van der Waals surface area (Å²) in [6.07, 6.45) is 5.66. The van der Waals surface area contributed by atoms with Crippen molar-refractivity contribution in [1.82, 2.24) is 4.90 Å². The quantitative estimate of drug-likeness (QED) is 0.452. The number of halogens is 1. The van der Waals surface area contributed by atoms with Crippen molar-refractivity contribution in [1.29, 1.82) is 0 Å². The lowest BCUT2D eigenvalue weighted by Crippen LogP contribution is -2.43. The maximum atomic E-state index is 13.3. The molecular formula is C29H29ClN2O2. The van der Waals surface area contributed by atoms with E-state index in [1.54, 1.807) is 0 Å².